The molecule has 2 aliphatic heterocycles. The van der Waals surface area contributed by atoms with Crippen LogP contribution in [0, 0.1) is 0 Å². The van der Waals surface area contributed by atoms with Crippen molar-refractivity contribution in [3.8, 4) is 11.5 Å². The number of rotatable bonds is 6. The lowest BCUT2D eigenvalue weighted by Crippen LogP contribution is -2.39. The molecule has 0 radical (unpaired) electrons. The highest BCUT2D eigenvalue weighted by molar-refractivity contribution is 5.63. The first kappa shape index (κ1) is 24.2. The van der Waals surface area contributed by atoms with E-state index in [4.69, 9.17) is 19.4 Å². The Kier molecular flexibility index (Phi) is 8.20. The summed E-state index contributed by atoms with van der Waals surface area (Å²) >= 11 is 0. The minimum absolute atomic E-state index is 0.302. The van der Waals surface area contributed by atoms with Crippen LogP contribution in [0.15, 0.2) is 42.5 Å². The first-order valence-corrected chi connectivity index (χ1v) is 12.7. The van der Waals surface area contributed by atoms with Gasteiger partial charge in [0, 0.05) is 63.4 Å². The molecule has 1 saturated carbocycles. The van der Waals surface area contributed by atoms with Gasteiger partial charge in [-0.2, -0.15) is 0 Å². The average Bonchev–Trinajstić information content (AvgIpc) is 3.34. The molecule has 2 heterocycles. The molecule has 6 heteroatoms. The Balaban J connectivity index is 0.000000636. The maximum absolute atomic E-state index is 9.00. The molecule has 5 rings (SSSR count). The van der Waals surface area contributed by atoms with Gasteiger partial charge in [0.05, 0.1) is 7.11 Å². The molecule has 2 saturated heterocycles. The molecule has 0 spiro atoms. The number of methoxy groups -OCH3 is 1. The third kappa shape index (κ3) is 6.16. The van der Waals surface area contributed by atoms with Crippen molar-refractivity contribution in [3.63, 3.8) is 0 Å². The predicted octanol–water partition coefficient (Wildman–Crippen LogP) is 5.70. The van der Waals surface area contributed by atoms with Gasteiger partial charge >= 0.3 is 0 Å². The maximum atomic E-state index is 9.00. The molecule has 1 N–H and O–H groups in total. The van der Waals surface area contributed by atoms with Gasteiger partial charge in [-0.1, -0.05) is 12.5 Å². The van der Waals surface area contributed by atoms with Crippen LogP contribution >= 0.6 is 0 Å². The van der Waals surface area contributed by atoms with Gasteiger partial charge in [-0.3, -0.25) is 4.79 Å². The van der Waals surface area contributed by atoms with Crippen molar-refractivity contribution in [1.82, 2.24) is 0 Å². The van der Waals surface area contributed by atoms with Gasteiger partial charge in [-0.15, -0.1) is 0 Å². The monoisotopic (exact) mass is 466 g/mol. The van der Waals surface area contributed by atoms with E-state index >= 15 is 0 Å². The normalized spacial score (nSPS) is 18.6. The summed E-state index contributed by atoms with van der Waals surface area (Å²) in [6, 6.07) is 15.4. The summed E-state index contributed by atoms with van der Waals surface area (Å²) in [6.45, 7) is 5.55. The van der Waals surface area contributed by atoms with Crippen molar-refractivity contribution in [3.05, 3.63) is 48.0 Å². The van der Waals surface area contributed by atoms with Crippen molar-refractivity contribution in [2.45, 2.75) is 63.9 Å². The summed E-state index contributed by atoms with van der Waals surface area (Å²) in [4.78, 5) is 14.0. The summed E-state index contributed by atoms with van der Waals surface area (Å²) in [7, 11) is 1.76. The van der Waals surface area contributed by atoms with E-state index in [1.807, 2.05) is 0 Å². The summed E-state index contributed by atoms with van der Waals surface area (Å²) in [5, 5.41) is 7.42. The molecule has 0 aromatic heterocycles. The molecule has 2 aromatic rings. The highest BCUT2D eigenvalue weighted by Gasteiger charge is 2.27. The topological polar surface area (TPSA) is 62.2 Å². The van der Waals surface area contributed by atoms with Crippen molar-refractivity contribution in [2.75, 3.05) is 43.1 Å². The van der Waals surface area contributed by atoms with E-state index in [1.54, 1.807) is 7.11 Å². The molecule has 0 amide bonds. The Morgan fingerprint density at radius 1 is 0.853 bits per heavy atom. The second kappa shape index (κ2) is 11.5. The minimum atomic E-state index is -0.833. The van der Waals surface area contributed by atoms with Crippen LogP contribution in [0.25, 0.3) is 0 Å². The van der Waals surface area contributed by atoms with Gasteiger partial charge in [0.1, 0.15) is 17.6 Å². The van der Waals surface area contributed by atoms with Crippen LogP contribution in [-0.2, 0) is 4.79 Å². The van der Waals surface area contributed by atoms with Gasteiger partial charge in [0.25, 0.3) is 5.97 Å². The van der Waals surface area contributed by atoms with Crippen LogP contribution in [0.3, 0.4) is 0 Å². The summed E-state index contributed by atoms with van der Waals surface area (Å²) < 4.78 is 11.9. The number of anilines is 2. The Bertz CT molecular complexity index is 924. The lowest BCUT2D eigenvalue weighted by atomic mass is 9.79. The van der Waals surface area contributed by atoms with Crippen LogP contribution in [-0.4, -0.2) is 50.5 Å². The molecule has 184 valence electrons. The highest BCUT2D eigenvalue weighted by Crippen LogP contribution is 2.43. The number of ether oxygens (including phenoxy) is 2. The second-order valence-electron chi connectivity index (χ2n) is 9.56. The molecule has 6 nitrogen and oxygen atoms in total. The van der Waals surface area contributed by atoms with Crippen LogP contribution in [0.5, 0.6) is 11.5 Å². The second-order valence-corrected chi connectivity index (χ2v) is 9.56. The van der Waals surface area contributed by atoms with Crippen LogP contribution in [0.1, 0.15) is 63.4 Å². The molecule has 34 heavy (non-hydrogen) atoms. The molecule has 0 atom stereocenters. The fraction of sp³-hybridized carbons (Fsp3) is 0.536. The number of carboxylic acids is 1. The third-order valence-electron chi connectivity index (χ3n) is 7.18. The van der Waals surface area contributed by atoms with E-state index in [0.29, 0.717) is 6.10 Å². The number of carboxylic acid groups (broad SMARTS) is 1. The molecule has 3 aliphatic rings. The largest absolute Gasteiger partial charge is 0.497 e. The van der Waals surface area contributed by atoms with E-state index < -0.39 is 5.97 Å². The fourth-order valence-electron chi connectivity index (χ4n) is 5.11. The summed E-state index contributed by atoms with van der Waals surface area (Å²) in [5.74, 6) is 1.87. The molecular formula is C28H38N2O4. The molecule has 3 fully saturated rings. The lowest BCUT2D eigenvalue weighted by Gasteiger charge is -2.37. The Morgan fingerprint density at radius 3 is 2.03 bits per heavy atom. The first-order valence-electron chi connectivity index (χ1n) is 12.7. The maximum Gasteiger partial charge on any atom is 0.300 e. The van der Waals surface area contributed by atoms with Gasteiger partial charge in [0.15, 0.2) is 0 Å². The van der Waals surface area contributed by atoms with E-state index in [2.05, 4.69) is 52.3 Å². The average molecular weight is 467 g/mol. The summed E-state index contributed by atoms with van der Waals surface area (Å²) in [6.07, 6.45) is 9.07. The lowest BCUT2D eigenvalue weighted by molar-refractivity contribution is -0.134. The van der Waals surface area contributed by atoms with Crippen molar-refractivity contribution >= 4 is 17.3 Å². The molecule has 0 unspecified atom stereocenters. The number of hydrogen-bond acceptors (Lipinski definition) is 5. The van der Waals surface area contributed by atoms with E-state index in [9.17, 15) is 0 Å². The van der Waals surface area contributed by atoms with Gasteiger partial charge in [-0.25, -0.2) is 0 Å². The first-order chi connectivity index (χ1) is 16.5. The quantitative estimate of drug-likeness (QED) is 0.589. The summed E-state index contributed by atoms with van der Waals surface area (Å²) in [5.41, 5.74) is 4.22. The zero-order valence-electron chi connectivity index (χ0n) is 20.5. The van der Waals surface area contributed by atoms with Crippen molar-refractivity contribution < 1.29 is 19.4 Å². The number of aliphatic carboxylic acids is 1. The van der Waals surface area contributed by atoms with Gasteiger partial charge in [0.2, 0.25) is 0 Å². The van der Waals surface area contributed by atoms with Gasteiger partial charge in [-0.05, 0) is 67.5 Å². The zero-order chi connectivity index (χ0) is 23.9. The Labute approximate surface area is 203 Å². The molecular weight excluding hydrogens is 428 g/mol. The van der Waals surface area contributed by atoms with E-state index in [0.717, 1.165) is 50.3 Å². The molecule has 1 aliphatic carbocycles. The van der Waals surface area contributed by atoms with E-state index in [-0.39, 0.29) is 0 Å². The predicted molar refractivity (Wildman–Crippen MR) is 137 cm³/mol. The number of carbonyl (C=O) groups is 1. The van der Waals surface area contributed by atoms with E-state index in [1.165, 1.54) is 62.1 Å². The molecule has 2 aromatic carbocycles. The standard InChI is InChI=1S/C26H34N2O2.C2H4O2/c1-29-24-11-12-25(20-5-4-6-20)26(19-24)28-17-13-23(14-18-28)30-22-9-7-21(8-10-22)27-15-2-3-16-27;1-2(3)4/h7-12,19-20,23H,2-6,13-18H2,1H3;1H3,(H,3,4). The number of benzene rings is 2. The van der Waals surface area contributed by atoms with Crippen LogP contribution in [0.4, 0.5) is 11.4 Å². The third-order valence-corrected chi connectivity index (χ3v) is 7.18. The number of nitrogens with zero attached hydrogens (tertiary/aromatic N) is 2. The zero-order valence-corrected chi connectivity index (χ0v) is 20.5. The van der Waals surface area contributed by atoms with Gasteiger partial charge < -0.3 is 24.4 Å². The number of piperidine rings is 1. The van der Waals surface area contributed by atoms with Crippen LogP contribution < -0.4 is 19.3 Å². The van der Waals surface area contributed by atoms with Crippen LogP contribution in [0.2, 0.25) is 0 Å². The highest BCUT2D eigenvalue weighted by atomic mass is 16.5. The minimum Gasteiger partial charge on any atom is -0.497 e. The van der Waals surface area contributed by atoms with Crippen molar-refractivity contribution in [2.24, 2.45) is 0 Å². The Hall–Kier alpha value is -2.89. The smallest absolute Gasteiger partial charge is 0.300 e. The molecule has 0 bridgehead atoms. The number of hydrogen-bond donors (Lipinski definition) is 1. The Morgan fingerprint density at radius 2 is 1.47 bits per heavy atom. The SMILES string of the molecule is CC(=O)O.COc1ccc(C2CCC2)c(N2CCC(Oc3ccc(N4CCCC4)cc3)CC2)c1. The fourth-order valence-corrected chi connectivity index (χ4v) is 5.11. The van der Waals surface area contributed by atoms with Crippen molar-refractivity contribution in [1.29, 1.82) is 0 Å².